The van der Waals surface area contributed by atoms with Gasteiger partial charge in [0.05, 0.1) is 6.42 Å². The summed E-state index contributed by atoms with van der Waals surface area (Å²) in [4.78, 5) is 39.6. The average molecular weight is 472 g/mol. The van der Waals surface area contributed by atoms with Gasteiger partial charge in [-0.1, -0.05) is 6.92 Å². The number of ether oxygens (including phenoxy) is 1. The van der Waals surface area contributed by atoms with Crippen LogP contribution in [0.15, 0.2) is 4.99 Å². The highest BCUT2D eigenvalue weighted by Gasteiger charge is 2.17. The molecule has 11 nitrogen and oxygen atoms in total. The molecule has 2 amide bonds. The summed E-state index contributed by atoms with van der Waals surface area (Å²) in [5, 5.41) is 8.99. The number of carbonyl (C=O) groups is 3. The van der Waals surface area contributed by atoms with Crippen LogP contribution in [0.2, 0.25) is 0 Å². The summed E-state index contributed by atoms with van der Waals surface area (Å²) in [7, 11) is 0. The number of esters is 1. The Morgan fingerprint density at radius 3 is 2.24 bits per heavy atom. The van der Waals surface area contributed by atoms with Gasteiger partial charge in [-0.2, -0.15) is 0 Å². The average Bonchev–Trinajstić information content (AvgIpc) is 2.77. The van der Waals surface area contributed by atoms with E-state index in [-0.39, 0.29) is 36.6 Å². The molecular weight excluding hydrogens is 426 g/mol. The van der Waals surface area contributed by atoms with Gasteiger partial charge in [-0.15, -0.1) is 0 Å². The van der Waals surface area contributed by atoms with Gasteiger partial charge in [0.2, 0.25) is 11.8 Å². The maximum Gasteiger partial charge on any atom is 0.305 e. The second-order valence-electron chi connectivity index (χ2n) is 7.87. The molecule has 0 aliphatic rings. The van der Waals surface area contributed by atoms with Gasteiger partial charge in [0.15, 0.2) is 5.96 Å². The van der Waals surface area contributed by atoms with E-state index in [0.29, 0.717) is 45.4 Å². The number of amides is 2. The van der Waals surface area contributed by atoms with Crippen molar-refractivity contribution in [1.29, 1.82) is 0 Å². The van der Waals surface area contributed by atoms with Gasteiger partial charge in [-0.25, -0.2) is 0 Å². The SMILES string of the molecule is CCC(=O)OC(CCCCN=C(N)N)CC(=O)NCCCC(=O)NCCCCNCCCN. The summed E-state index contributed by atoms with van der Waals surface area (Å²) in [5.74, 6) is -0.505. The summed E-state index contributed by atoms with van der Waals surface area (Å²) in [6.45, 7) is 5.80. The maximum atomic E-state index is 12.2. The van der Waals surface area contributed by atoms with Gasteiger partial charge in [0.1, 0.15) is 6.10 Å². The van der Waals surface area contributed by atoms with Gasteiger partial charge in [-0.05, 0) is 64.6 Å². The molecule has 0 saturated heterocycles. The fraction of sp³-hybridized carbons (Fsp3) is 0.818. The van der Waals surface area contributed by atoms with E-state index in [4.69, 9.17) is 21.9 Å². The molecule has 1 atom stereocenters. The third kappa shape index (κ3) is 21.2. The largest absolute Gasteiger partial charge is 0.462 e. The van der Waals surface area contributed by atoms with Crippen molar-refractivity contribution >= 4 is 23.7 Å². The number of guanidine groups is 1. The molecule has 0 rings (SSSR count). The third-order valence-electron chi connectivity index (χ3n) is 4.79. The second-order valence-corrected chi connectivity index (χ2v) is 7.87. The number of nitrogens with one attached hydrogen (secondary N) is 3. The molecule has 11 heteroatoms. The molecule has 0 bridgehead atoms. The number of aliphatic imine (C=N–C) groups is 1. The maximum absolute atomic E-state index is 12.2. The summed E-state index contributed by atoms with van der Waals surface area (Å²) >= 11 is 0. The zero-order chi connectivity index (χ0) is 24.7. The van der Waals surface area contributed by atoms with Crippen LogP contribution in [0.1, 0.15) is 71.1 Å². The fourth-order valence-corrected chi connectivity index (χ4v) is 2.96. The zero-order valence-electron chi connectivity index (χ0n) is 20.2. The van der Waals surface area contributed by atoms with Crippen LogP contribution >= 0.6 is 0 Å². The third-order valence-corrected chi connectivity index (χ3v) is 4.79. The zero-order valence-corrected chi connectivity index (χ0v) is 20.2. The van der Waals surface area contributed by atoms with Gasteiger partial charge in [0, 0.05) is 32.5 Å². The standard InChI is InChI=1S/C22H45N7O4/c1-2-21(32)33-18(9-3-4-15-29-22(24)25)17-20(31)28-16-7-10-19(30)27-14-6-5-12-26-13-8-11-23/h18,26H,2-17,23H2,1H3,(H,27,30)(H,28,31)(H4,24,25,29). The van der Waals surface area contributed by atoms with Crippen molar-refractivity contribution in [2.75, 3.05) is 39.3 Å². The number of nitrogens with zero attached hydrogens (tertiary/aromatic N) is 1. The van der Waals surface area contributed by atoms with Crippen LogP contribution < -0.4 is 33.2 Å². The quantitative estimate of drug-likeness (QED) is 0.0578. The van der Waals surface area contributed by atoms with E-state index in [0.717, 1.165) is 45.2 Å². The van der Waals surface area contributed by atoms with Crippen LogP contribution in [0.4, 0.5) is 0 Å². The minimum atomic E-state index is -0.482. The lowest BCUT2D eigenvalue weighted by molar-refractivity contribution is -0.150. The molecule has 192 valence electrons. The second kappa shape index (κ2) is 21.4. The van der Waals surface area contributed by atoms with Crippen molar-refractivity contribution in [1.82, 2.24) is 16.0 Å². The van der Waals surface area contributed by atoms with Crippen molar-refractivity contribution in [3.05, 3.63) is 0 Å². The Morgan fingerprint density at radius 2 is 1.55 bits per heavy atom. The molecule has 0 aromatic carbocycles. The molecule has 0 fully saturated rings. The molecule has 0 aliphatic carbocycles. The number of nitrogens with two attached hydrogens (primary N) is 3. The number of hydrogen-bond acceptors (Lipinski definition) is 7. The molecule has 0 spiro atoms. The topological polar surface area (TPSA) is 187 Å². The molecule has 0 aromatic rings. The number of hydrogen-bond donors (Lipinski definition) is 6. The van der Waals surface area contributed by atoms with E-state index < -0.39 is 6.10 Å². The molecule has 33 heavy (non-hydrogen) atoms. The van der Waals surface area contributed by atoms with Crippen molar-refractivity contribution < 1.29 is 19.1 Å². The molecular formula is C22H45N7O4. The van der Waals surface area contributed by atoms with Crippen molar-refractivity contribution in [3.63, 3.8) is 0 Å². The Kier molecular flexibility index (Phi) is 19.9. The normalized spacial score (nSPS) is 11.5. The lowest BCUT2D eigenvalue weighted by Crippen LogP contribution is -2.31. The monoisotopic (exact) mass is 471 g/mol. The van der Waals surface area contributed by atoms with Gasteiger partial charge in [0.25, 0.3) is 0 Å². The Balaban J connectivity index is 3.95. The predicted molar refractivity (Wildman–Crippen MR) is 130 cm³/mol. The van der Waals surface area contributed by atoms with E-state index in [2.05, 4.69) is 20.9 Å². The molecule has 1 unspecified atom stereocenters. The minimum absolute atomic E-state index is 0.0177. The van der Waals surface area contributed by atoms with Gasteiger partial charge < -0.3 is 37.9 Å². The van der Waals surface area contributed by atoms with E-state index in [1.807, 2.05) is 0 Å². The van der Waals surface area contributed by atoms with E-state index in [9.17, 15) is 14.4 Å². The first kappa shape index (κ1) is 30.6. The Bertz CT molecular complexity index is 569. The van der Waals surface area contributed by atoms with Crippen molar-refractivity contribution in [2.45, 2.75) is 77.2 Å². The van der Waals surface area contributed by atoms with Crippen molar-refractivity contribution in [3.8, 4) is 0 Å². The number of rotatable bonds is 21. The molecule has 9 N–H and O–H groups in total. The van der Waals surface area contributed by atoms with Crippen LogP contribution in [-0.2, 0) is 19.1 Å². The first-order valence-corrected chi connectivity index (χ1v) is 12.1. The van der Waals surface area contributed by atoms with E-state index in [1.165, 1.54) is 0 Å². The highest BCUT2D eigenvalue weighted by molar-refractivity contribution is 5.78. The number of carbonyl (C=O) groups excluding carboxylic acids is 3. The first-order chi connectivity index (χ1) is 15.9. The molecule has 0 saturated carbocycles. The smallest absolute Gasteiger partial charge is 0.305 e. The Labute approximate surface area is 198 Å². The molecule has 0 aromatic heterocycles. The Hall–Kier alpha value is -2.40. The van der Waals surface area contributed by atoms with Crippen LogP contribution in [0.5, 0.6) is 0 Å². The van der Waals surface area contributed by atoms with Gasteiger partial charge in [-0.3, -0.25) is 19.4 Å². The highest BCUT2D eigenvalue weighted by atomic mass is 16.5. The minimum Gasteiger partial charge on any atom is -0.462 e. The fourth-order valence-electron chi connectivity index (χ4n) is 2.96. The van der Waals surface area contributed by atoms with Crippen LogP contribution in [-0.4, -0.2) is 69.1 Å². The lowest BCUT2D eigenvalue weighted by Gasteiger charge is -2.17. The van der Waals surface area contributed by atoms with Crippen LogP contribution in [0.25, 0.3) is 0 Å². The van der Waals surface area contributed by atoms with Gasteiger partial charge >= 0.3 is 5.97 Å². The first-order valence-electron chi connectivity index (χ1n) is 12.1. The van der Waals surface area contributed by atoms with Crippen LogP contribution in [0.3, 0.4) is 0 Å². The Morgan fingerprint density at radius 1 is 0.879 bits per heavy atom. The lowest BCUT2D eigenvalue weighted by atomic mass is 10.1. The number of unbranched alkanes of at least 4 members (excludes halogenated alkanes) is 2. The summed E-state index contributed by atoms with van der Waals surface area (Å²) < 4.78 is 5.37. The highest BCUT2D eigenvalue weighted by Crippen LogP contribution is 2.11. The summed E-state index contributed by atoms with van der Waals surface area (Å²) in [5.41, 5.74) is 16.0. The van der Waals surface area contributed by atoms with E-state index in [1.54, 1.807) is 6.92 Å². The molecule has 0 heterocycles. The summed E-state index contributed by atoms with van der Waals surface area (Å²) in [6.07, 6.45) is 5.69. The van der Waals surface area contributed by atoms with E-state index >= 15 is 0 Å². The predicted octanol–water partition coefficient (Wildman–Crippen LogP) is -0.127. The molecule has 0 aliphatic heterocycles. The summed E-state index contributed by atoms with van der Waals surface area (Å²) in [6, 6.07) is 0. The molecule has 0 radical (unpaired) electrons. The van der Waals surface area contributed by atoms with Crippen molar-refractivity contribution in [2.24, 2.45) is 22.2 Å². The van der Waals surface area contributed by atoms with Crippen LogP contribution in [0, 0.1) is 0 Å².